The quantitative estimate of drug-likeness (QED) is 0.454. The molecule has 2 amide bonds. The highest BCUT2D eigenvalue weighted by Crippen LogP contribution is 2.30. The summed E-state index contributed by atoms with van der Waals surface area (Å²) in [5, 5.41) is 5.13. The molecule has 6 nitrogen and oxygen atoms in total. The van der Waals surface area contributed by atoms with E-state index >= 15 is 0 Å². The Morgan fingerprint density at radius 3 is 2.65 bits per heavy atom. The van der Waals surface area contributed by atoms with Crippen molar-refractivity contribution in [1.82, 2.24) is 4.90 Å². The lowest BCUT2D eigenvalue weighted by atomic mass is 10.1. The molecule has 0 radical (unpaired) electrons. The molecule has 2 aromatic carbocycles. The average Bonchev–Trinajstić information content (AvgIpc) is 3.34. The highest BCUT2D eigenvalue weighted by atomic mass is 32.1. The Balaban J connectivity index is 1.57. The fraction of sp³-hybridized carbons (Fsp3) is 0.240. The molecule has 2 heterocycles. The van der Waals surface area contributed by atoms with Gasteiger partial charge >= 0.3 is 0 Å². The smallest absolute Gasteiger partial charge is 0.256 e. The van der Waals surface area contributed by atoms with Crippen LogP contribution in [0.15, 0.2) is 60.0 Å². The van der Waals surface area contributed by atoms with Crippen molar-refractivity contribution in [3.8, 4) is 5.75 Å². The Bertz CT molecular complexity index is 1210. The van der Waals surface area contributed by atoms with Crippen LogP contribution >= 0.6 is 23.6 Å². The number of rotatable bonds is 8. The number of carbonyl (C=O) groups is 2. The summed E-state index contributed by atoms with van der Waals surface area (Å²) < 4.78 is 18.5. The monoisotopic (exact) mass is 497 g/mol. The molecule has 0 aliphatic carbocycles. The van der Waals surface area contributed by atoms with E-state index in [0.29, 0.717) is 35.2 Å². The van der Waals surface area contributed by atoms with Gasteiger partial charge in [-0.2, -0.15) is 0 Å². The van der Waals surface area contributed by atoms with E-state index in [0.717, 1.165) is 0 Å². The molecule has 1 aromatic heterocycles. The number of hydrogen-bond acceptors (Lipinski definition) is 5. The van der Waals surface area contributed by atoms with E-state index < -0.39 is 11.9 Å². The van der Waals surface area contributed by atoms with E-state index in [4.69, 9.17) is 17.0 Å². The lowest BCUT2D eigenvalue weighted by molar-refractivity contribution is -0.124. The third-order valence-corrected chi connectivity index (χ3v) is 7.18. The third kappa shape index (κ3) is 5.10. The van der Waals surface area contributed by atoms with E-state index in [1.165, 1.54) is 39.6 Å². The van der Waals surface area contributed by atoms with Crippen LogP contribution in [0.2, 0.25) is 0 Å². The number of nitrogens with one attached hydrogen (secondary N) is 1. The molecule has 176 valence electrons. The molecule has 1 saturated heterocycles. The van der Waals surface area contributed by atoms with Crippen molar-refractivity contribution in [3.63, 3.8) is 0 Å². The van der Waals surface area contributed by atoms with Crippen LogP contribution in [0.4, 0.5) is 15.8 Å². The highest BCUT2D eigenvalue weighted by molar-refractivity contribution is 7.80. The molecule has 34 heavy (non-hydrogen) atoms. The standard InChI is InChI=1S/C25H24FN3O3S2/c1-16-11-13-34-22(16)10-12-28-21(15-23(30)27-18-8-6-17(26)7-9-18)24(31)29(25(28)33)19-4-3-5-20(14-19)32-2/h3-9,11,13-14,21H,10,12,15H2,1-2H3,(H,27,30). The number of amides is 2. The Morgan fingerprint density at radius 1 is 1.21 bits per heavy atom. The number of ether oxygens (including phenoxy) is 1. The fourth-order valence-corrected chi connectivity index (χ4v) is 5.19. The summed E-state index contributed by atoms with van der Waals surface area (Å²) in [6.45, 7) is 2.55. The number of halogens is 1. The highest BCUT2D eigenvalue weighted by Gasteiger charge is 2.44. The van der Waals surface area contributed by atoms with Crippen LogP contribution in [0.25, 0.3) is 0 Å². The largest absolute Gasteiger partial charge is 0.497 e. The van der Waals surface area contributed by atoms with Crippen LogP contribution in [0.3, 0.4) is 0 Å². The minimum Gasteiger partial charge on any atom is -0.497 e. The molecule has 1 N–H and O–H groups in total. The maximum atomic E-state index is 13.5. The molecule has 3 aromatic rings. The van der Waals surface area contributed by atoms with Crippen molar-refractivity contribution in [2.75, 3.05) is 23.9 Å². The first-order chi connectivity index (χ1) is 16.4. The summed E-state index contributed by atoms with van der Waals surface area (Å²) in [7, 11) is 1.56. The van der Waals surface area contributed by atoms with Crippen molar-refractivity contribution >= 4 is 51.9 Å². The summed E-state index contributed by atoms with van der Waals surface area (Å²) in [5.41, 5.74) is 2.25. The van der Waals surface area contributed by atoms with Gasteiger partial charge in [0.05, 0.1) is 19.2 Å². The zero-order chi connectivity index (χ0) is 24.2. The fourth-order valence-electron chi connectivity index (χ4n) is 3.88. The summed E-state index contributed by atoms with van der Waals surface area (Å²) in [5.74, 6) is -0.405. The number of thiocarbonyl (C=S) groups is 1. The van der Waals surface area contributed by atoms with Gasteiger partial charge in [0.25, 0.3) is 5.91 Å². The average molecular weight is 498 g/mol. The molecular weight excluding hydrogens is 473 g/mol. The van der Waals surface area contributed by atoms with Crippen molar-refractivity contribution < 1.29 is 18.7 Å². The van der Waals surface area contributed by atoms with Crippen LogP contribution in [-0.4, -0.2) is 41.5 Å². The van der Waals surface area contributed by atoms with Gasteiger partial charge in [0, 0.05) is 23.2 Å². The van der Waals surface area contributed by atoms with Gasteiger partial charge in [0.2, 0.25) is 5.91 Å². The summed E-state index contributed by atoms with van der Waals surface area (Å²) >= 11 is 7.38. The summed E-state index contributed by atoms with van der Waals surface area (Å²) in [6.07, 6.45) is 0.624. The summed E-state index contributed by atoms with van der Waals surface area (Å²) in [4.78, 5) is 30.8. The van der Waals surface area contributed by atoms with E-state index in [9.17, 15) is 14.0 Å². The first kappa shape index (κ1) is 23.8. The zero-order valence-corrected chi connectivity index (χ0v) is 20.4. The van der Waals surface area contributed by atoms with E-state index in [1.54, 1.807) is 42.7 Å². The lowest BCUT2D eigenvalue weighted by Crippen LogP contribution is -2.39. The minimum absolute atomic E-state index is 0.0831. The number of carbonyl (C=O) groups excluding carboxylic acids is 2. The third-order valence-electron chi connectivity index (χ3n) is 5.68. The van der Waals surface area contributed by atoms with Gasteiger partial charge in [0.1, 0.15) is 17.6 Å². The van der Waals surface area contributed by atoms with Crippen molar-refractivity contribution in [2.24, 2.45) is 0 Å². The van der Waals surface area contributed by atoms with E-state index in [2.05, 4.69) is 18.3 Å². The van der Waals surface area contributed by atoms with Crippen LogP contribution in [-0.2, 0) is 16.0 Å². The van der Waals surface area contributed by atoms with Gasteiger partial charge in [-0.05, 0) is 79.0 Å². The van der Waals surface area contributed by atoms with Gasteiger partial charge in [0.15, 0.2) is 5.11 Å². The number of nitrogens with zero attached hydrogens (tertiary/aromatic N) is 2. The zero-order valence-electron chi connectivity index (χ0n) is 18.8. The normalized spacial score (nSPS) is 15.7. The van der Waals surface area contributed by atoms with Crippen LogP contribution < -0.4 is 15.0 Å². The second-order valence-electron chi connectivity index (χ2n) is 7.90. The number of anilines is 2. The second kappa shape index (κ2) is 10.3. The minimum atomic E-state index is -0.751. The van der Waals surface area contributed by atoms with Crippen LogP contribution in [0, 0.1) is 12.7 Å². The maximum Gasteiger partial charge on any atom is 0.256 e. The van der Waals surface area contributed by atoms with Gasteiger partial charge in [-0.3, -0.25) is 14.5 Å². The number of methoxy groups -OCH3 is 1. The first-order valence-electron chi connectivity index (χ1n) is 10.7. The molecule has 1 fully saturated rings. The lowest BCUT2D eigenvalue weighted by Gasteiger charge is -2.24. The van der Waals surface area contributed by atoms with Crippen LogP contribution in [0.5, 0.6) is 5.75 Å². The van der Waals surface area contributed by atoms with E-state index in [1.807, 2.05) is 10.3 Å². The number of aryl methyl sites for hydroxylation is 1. The SMILES string of the molecule is COc1cccc(N2C(=O)C(CC(=O)Nc3ccc(F)cc3)N(CCc3sccc3C)C2=S)c1. The van der Waals surface area contributed by atoms with Crippen molar-refractivity contribution in [1.29, 1.82) is 0 Å². The molecular formula is C25H24FN3O3S2. The number of benzene rings is 2. The van der Waals surface area contributed by atoms with Gasteiger partial charge < -0.3 is 15.0 Å². The van der Waals surface area contributed by atoms with Gasteiger partial charge in [-0.1, -0.05) is 6.07 Å². The van der Waals surface area contributed by atoms with Gasteiger partial charge in [-0.25, -0.2) is 4.39 Å². The molecule has 1 aliphatic heterocycles. The second-order valence-corrected chi connectivity index (χ2v) is 9.27. The predicted octanol–water partition coefficient (Wildman–Crippen LogP) is 4.78. The van der Waals surface area contributed by atoms with Crippen LogP contribution in [0.1, 0.15) is 16.9 Å². The Labute approximate surface area is 206 Å². The molecule has 9 heteroatoms. The maximum absolute atomic E-state index is 13.5. The molecule has 1 atom stereocenters. The Hall–Kier alpha value is -3.30. The number of thiophene rings is 1. The first-order valence-corrected chi connectivity index (χ1v) is 12.0. The molecule has 0 spiro atoms. The topological polar surface area (TPSA) is 61.9 Å². The van der Waals surface area contributed by atoms with Gasteiger partial charge in [-0.15, -0.1) is 11.3 Å². The predicted molar refractivity (Wildman–Crippen MR) is 136 cm³/mol. The van der Waals surface area contributed by atoms with E-state index in [-0.39, 0.29) is 18.2 Å². The van der Waals surface area contributed by atoms with Crippen molar-refractivity contribution in [3.05, 3.63) is 76.2 Å². The molecule has 0 bridgehead atoms. The summed E-state index contributed by atoms with van der Waals surface area (Å²) in [6, 6.07) is 13.9. The molecule has 0 saturated carbocycles. The number of hydrogen-bond donors (Lipinski definition) is 1. The van der Waals surface area contributed by atoms with Crippen molar-refractivity contribution in [2.45, 2.75) is 25.8 Å². The molecule has 4 rings (SSSR count). The molecule has 1 unspecified atom stereocenters. The molecule has 1 aliphatic rings. The Kier molecular flexibility index (Phi) is 7.23. The Morgan fingerprint density at radius 2 is 1.97 bits per heavy atom.